The smallest absolute Gasteiger partial charge is 1.00 e. The van der Waals surface area contributed by atoms with E-state index < -0.39 is 0 Å². The fourth-order valence-corrected chi connectivity index (χ4v) is 1.94. The summed E-state index contributed by atoms with van der Waals surface area (Å²) in [4.78, 5) is 0. The Morgan fingerprint density at radius 2 is 2.33 bits per heavy atom. The quantitative estimate of drug-likeness (QED) is 0.383. The molecule has 0 radical (unpaired) electrons. The van der Waals surface area contributed by atoms with Gasteiger partial charge in [0.1, 0.15) is 0 Å². The Balaban J connectivity index is 0. The van der Waals surface area contributed by atoms with E-state index in [9.17, 15) is 0 Å². The van der Waals surface area contributed by atoms with Crippen molar-refractivity contribution in [1.29, 1.82) is 0 Å². The Labute approximate surface area is 72.9 Å². The minimum Gasteiger partial charge on any atom is -1.00 e. The van der Waals surface area contributed by atoms with E-state index in [0.29, 0.717) is 0 Å². The predicted octanol–water partition coefficient (Wildman–Crippen LogP) is -1.45. The van der Waals surface area contributed by atoms with Gasteiger partial charge in [-0.1, -0.05) is 29.5 Å². The predicted molar refractivity (Wildman–Crippen MR) is 42.0 cm³/mol. The topological polar surface area (TPSA) is 0 Å². The van der Waals surface area contributed by atoms with Crippen LogP contribution in [0.3, 0.4) is 0 Å². The summed E-state index contributed by atoms with van der Waals surface area (Å²) < 4.78 is 0. The molecule has 1 aliphatic carbocycles. The van der Waals surface area contributed by atoms with E-state index >= 15 is 0 Å². The minimum atomic E-state index is 0. The van der Waals surface area contributed by atoms with Gasteiger partial charge in [0.25, 0.3) is 0 Å². The van der Waals surface area contributed by atoms with Crippen molar-refractivity contribution < 1.29 is 20.3 Å². The van der Waals surface area contributed by atoms with Crippen molar-refractivity contribution in [1.82, 2.24) is 0 Å². The third-order valence-electron chi connectivity index (χ3n) is 1.57. The molecule has 2 heteroatoms. The van der Waals surface area contributed by atoms with Crippen molar-refractivity contribution in [3.63, 3.8) is 0 Å². The zero-order chi connectivity index (χ0) is 5.98. The molecule has 0 saturated carbocycles. The van der Waals surface area contributed by atoms with Crippen LogP contribution in [0.2, 0.25) is 6.55 Å². The van der Waals surface area contributed by atoms with Crippen molar-refractivity contribution in [3.8, 4) is 0 Å². The van der Waals surface area contributed by atoms with Gasteiger partial charge in [-0.2, -0.15) is 0 Å². The van der Waals surface area contributed by atoms with Crippen LogP contribution < -0.4 is 18.9 Å². The Morgan fingerprint density at radius 3 is 2.56 bits per heavy atom. The average molecular weight is 132 g/mol. The third kappa shape index (κ3) is 2.58. The van der Waals surface area contributed by atoms with Crippen molar-refractivity contribution in [2.24, 2.45) is 0 Å². The standard InChI is InChI=1S/C7H12Si.Li.H/c1-6-3-4-7(5-6)8-2;;/h3,5H,4,8H2,1-2H3;;/q;+1;-1. The number of rotatable bonds is 1. The molecule has 0 bridgehead atoms. The van der Waals surface area contributed by atoms with Crippen molar-refractivity contribution in [2.45, 2.75) is 19.9 Å². The van der Waals surface area contributed by atoms with Crippen LogP contribution in [0.5, 0.6) is 0 Å². The first-order valence-electron chi connectivity index (χ1n) is 3.19. The molecule has 9 heavy (non-hydrogen) atoms. The van der Waals surface area contributed by atoms with Crippen LogP contribution in [0.4, 0.5) is 0 Å². The Kier molecular flexibility index (Phi) is 4.30. The molecule has 0 spiro atoms. The molecule has 46 valence electrons. The maximum atomic E-state index is 2.35. The molecule has 0 aromatic rings. The van der Waals surface area contributed by atoms with E-state index in [1.165, 1.54) is 12.0 Å². The van der Waals surface area contributed by atoms with Crippen LogP contribution >= 0.6 is 0 Å². The molecule has 1 aliphatic rings. The van der Waals surface area contributed by atoms with Crippen LogP contribution in [-0.2, 0) is 0 Å². The van der Waals surface area contributed by atoms with Gasteiger partial charge in [0.05, 0.1) is 0 Å². The normalized spacial score (nSPS) is 17.6. The monoisotopic (exact) mass is 132 g/mol. The van der Waals surface area contributed by atoms with Gasteiger partial charge in [0, 0.05) is 9.52 Å². The molecule has 0 aliphatic heterocycles. The molecule has 0 unspecified atom stereocenters. The molecular weight excluding hydrogens is 119 g/mol. The first-order valence-corrected chi connectivity index (χ1v) is 5.31. The van der Waals surface area contributed by atoms with Gasteiger partial charge in [-0.25, -0.2) is 0 Å². The fraction of sp³-hybridized carbons (Fsp3) is 0.429. The fourth-order valence-electron chi connectivity index (χ4n) is 0.978. The second kappa shape index (κ2) is 4.16. The van der Waals surface area contributed by atoms with Crippen LogP contribution in [0, 0.1) is 0 Å². The van der Waals surface area contributed by atoms with Gasteiger partial charge >= 0.3 is 18.9 Å². The van der Waals surface area contributed by atoms with E-state index in [0.717, 1.165) is 0 Å². The maximum absolute atomic E-state index is 2.35. The summed E-state index contributed by atoms with van der Waals surface area (Å²) in [6.07, 6.45) is 5.91. The molecule has 0 N–H and O–H groups in total. The van der Waals surface area contributed by atoms with Gasteiger partial charge in [-0.05, 0) is 13.3 Å². The number of hydrogen-bond donors (Lipinski definition) is 0. The van der Waals surface area contributed by atoms with Crippen LogP contribution in [0.25, 0.3) is 0 Å². The zero-order valence-electron chi connectivity index (χ0n) is 7.57. The molecular formula is C7H13LiSi. The van der Waals surface area contributed by atoms with Gasteiger partial charge in [0.2, 0.25) is 0 Å². The Bertz CT molecular complexity index is 152. The average Bonchev–Trinajstić information content (AvgIpc) is 2.14. The van der Waals surface area contributed by atoms with E-state index in [1.807, 2.05) is 0 Å². The first kappa shape index (κ1) is 9.29. The summed E-state index contributed by atoms with van der Waals surface area (Å²) >= 11 is 0. The molecule has 0 fully saturated rings. The molecule has 0 nitrogen and oxygen atoms in total. The summed E-state index contributed by atoms with van der Waals surface area (Å²) in [6.45, 7) is 4.52. The van der Waals surface area contributed by atoms with Crippen molar-refractivity contribution in [3.05, 3.63) is 22.9 Å². The Morgan fingerprint density at radius 1 is 1.67 bits per heavy atom. The van der Waals surface area contributed by atoms with E-state index in [2.05, 4.69) is 25.6 Å². The molecule has 0 aromatic carbocycles. The largest absolute Gasteiger partial charge is 1.00 e. The molecule has 0 heterocycles. The Hall–Kier alpha value is 0.294. The third-order valence-corrected chi connectivity index (χ3v) is 2.97. The summed E-state index contributed by atoms with van der Waals surface area (Å²) in [5, 5.41) is 1.71. The summed E-state index contributed by atoms with van der Waals surface area (Å²) in [5.41, 5.74) is 1.47. The summed E-state index contributed by atoms with van der Waals surface area (Å²) in [6, 6.07) is 0. The van der Waals surface area contributed by atoms with Crippen molar-refractivity contribution in [2.75, 3.05) is 0 Å². The van der Waals surface area contributed by atoms with Crippen LogP contribution in [-0.4, -0.2) is 9.52 Å². The number of hydrogen-bond acceptors (Lipinski definition) is 0. The summed E-state index contributed by atoms with van der Waals surface area (Å²) in [5.74, 6) is 0. The van der Waals surface area contributed by atoms with Gasteiger partial charge in [0.15, 0.2) is 0 Å². The minimum absolute atomic E-state index is 0. The molecule has 0 aromatic heterocycles. The van der Waals surface area contributed by atoms with E-state index in [-0.39, 0.29) is 29.8 Å². The maximum Gasteiger partial charge on any atom is 1.00 e. The second-order valence-electron chi connectivity index (χ2n) is 2.31. The summed E-state index contributed by atoms with van der Waals surface area (Å²) in [7, 11) is 0.168. The van der Waals surface area contributed by atoms with E-state index in [4.69, 9.17) is 0 Å². The molecule has 0 atom stereocenters. The molecule has 0 amide bonds. The molecule has 0 saturated heterocycles. The van der Waals surface area contributed by atoms with Gasteiger partial charge in [-0.3, -0.25) is 0 Å². The first-order chi connectivity index (χ1) is 3.83. The van der Waals surface area contributed by atoms with Gasteiger partial charge in [-0.15, -0.1) is 0 Å². The van der Waals surface area contributed by atoms with Crippen LogP contribution in [0.15, 0.2) is 22.9 Å². The van der Waals surface area contributed by atoms with Crippen molar-refractivity contribution >= 4 is 9.52 Å². The van der Waals surface area contributed by atoms with Crippen LogP contribution in [0.1, 0.15) is 14.8 Å². The molecule has 1 rings (SSSR count). The SMILES string of the molecule is C[SiH2]C1=CC(C)=CC1.[H-].[Li+]. The van der Waals surface area contributed by atoms with Gasteiger partial charge < -0.3 is 1.43 Å². The number of allylic oxidation sites excluding steroid dienone is 4. The second-order valence-corrected chi connectivity index (χ2v) is 3.92. The zero-order valence-corrected chi connectivity index (χ0v) is 7.98. The van der Waals surface area contributed by atoms with E-state index in [1.54, 1.807) is 5.20 Å².